The highest BCUT2D eigenvalue weighted by Gasteiger charge is 2.29. The number of nitrogens with one attached hydrogen (secondary N) is 1. The summed E-state index contributed by atoms with van der Waals surface area (Å²) in [6, 6.07) is 30.2. The maximum atomic E-state index is 13.5. The number of hydrogen-bond donors (Lipinski definition) is 1. The number of amides is 2. The van der Waals surface area contributed by atoms with E-state index in [-0.39, 0.29) is 11.8 Å². The minimum Gasteiger partial charge on any atom is -0.497 e. The van der Waals surface area contributed by atoms with Crippen molar-refractivity contribution in [1.29, 1.82) is 0 Å². The van der Waals surface area contributed by atoms with E-state index in [0.29, 0.717) is 28.6 Å². The van der Waals surface area contributed by atoms with Crippen LogP contribution in [-0.2, 0) is 17.9 Å². The van der Waals surface area contributed by atoms with Crippen molar-refractivity contribution in [1.82, 2.24) is 5.32 Å². The van der Waals surface area contributed by atoms with Crippen LogP contribution in [0.15, 0.2) is 107 Å². The van der Waals surface area contributed by atoms with Crippen LogP contribution < -0.4 is 15.0 Å². The van der Waals surface area contributed by atoms with E-state index < -0.39 is 0 Å². The third kappa shape index (κ3) is 5.93. The van der Waals surface area contributed by atoms with Crippen LogP contribution in [0.1, 0.15) is 27.0 Å². The van der Waals surface area contributed by atoms with Crippen LogP contribution in [0, 0.1) is 0 Å². The average Bonchev–Trinajstić information content (AvgIpc) is 2.94. The zero-order chi connectivity index (χ0) is 26.5. The van der Waals surface area contributed by atoms with Gasteiger partial charge in [0.2, 0.25) is 0 Å². The van der Waals surface area contributed by atoms with E-state index >= 15 is 0 Å². The lowest BCUT2D eigenvalue weighted by atomic mass is 10.1. The molecule has 1 N–H and O–H groups in total. The molecule has 2 amide bonds. The van der Waals surface area contributed by atoms with Gasteiger partial charge in [-0.1, -0.05) is 71.9 Å². The number of carbonyl (C=O) groups excluding carboxylic acids is 2. The van der Waals surface area contributed by atoms with Crippen LogP contribution in [0.5, 0.6) is 5.75 Å². The summed E-state index contributed by atoms with van der Waals surface area (Å²) >= 11 is 7.63. The van der Waals surface area contributed by atoms with E-state index in [0.717, 1.165) is 33.0 Å². The van der Waals surface area contributed by atoms with Crippen molar-refractivity contribution < 1.29 is 14.3 Å². The Labute approximate surface area is 231 Å². The van der Waals surface area contributed by atoms with Gasteiger partial charge in [-0.05, 0) is 71.3 Å². The smallest absolute Gasteiger partial charge is 0.265 e. The molecule has 0 saturated carbocycles. The molecule has 0 spiro atoms. The molecule has 1 aliphatic heterocycles. The van der Waals surface area contributed by atoms with Crippen molar-refractivity contribution in [2.24, 2.45) is 0 Å². The lowest BCUT2D eigenvalue weighted by Crippen LogP contribution is -2.33. The van der Waals surface area contributed by atoms with Crippen molar-refractivity contribution >= 4 is 46.9 Å². The molecule has 0 aromatic heterocycles. The second-order valence-corrected chi connectivity index (χ2v) is 10.3. The largest absolute Gasteiger partial charge is 0.497 e. The Morgan fingerprint density at radius 3 is 2.45 bits per heavy atom. The standard InChI is InChI=1S/C31H25ClN2O3S/c1-37-26-15-11-22(12-16-26)19-33-30(35)24-13-9-21(10-14-24)18-29-31(36)34(20-23-5-4-6-25(32)17-23)27-7-2-3-8-28(27)38-29/h2-18H,19-20H2,1H3,(H,33,35). The minimum absolute atomic E-state index is 0.0741. The molecule has 0 unspecified atom stereocenters. The predicted octanol–water partition coefficient (Wildman–Crippen LogP) is 6.96. The van der Waals surface area contributed by atoms with E-state index in [1.54, 1.807) is 24.1 Å². The molecule has 38 heavy (non-hydrogen) atoms. The number of ether oxygens (including phenoxy) is 1. The summed E-state index contributed by atoms with van der Waals surface area (Å²) in [5.41, 5.74) is 4.21. The van der Waals surface area contributed by atoms with Crippen LogP contribution in [0.4, 0.5) is 5.69 Å². The molecule has 0 atom stereocenters. The highest BCUT2D eigenvalue weighted by atomic mass is 35.5. The van der Waals surface area contributed by atoms with E-state index in [1.165, 1.54) is 11.8 Å². The Balaban J connectivity index is 1.31. The SMILES string of the molecule is COc1ccc(CNC(=O)c2ccc(C=C3Sc4ccccc4N(Cc4cccc(Cl)c4)C3=O)cc2)cc1. The van der Waals surface area contributed by atoms with Gasteiger partial charge in [0.1, 0.15) is 5.75 Å². The highest BCUT2D eigenvalue weighted by Crippen LogP contribution is 2.42. The zero-order valence-corrected chi connectivity index (χ0v) is 22.3. The van der Waals surface area contributed by atoms with E-state index in [9.17, 15) is 9.59 Å². The first-order valence-corrected chi connectivity index (χ1v) is 13.3. The topological polar surface area (TPSA) is 58.6 Å². The van der Waals surface area contributed by atoms with Crippen LogP contribution in [-0.4, -0.2) is 18.9 Å². The minimum atomic E-state index is -0.162. The molecule has 5 nitrogen and oxygen atoms in total. The second kappa shape index (κ2) is 11.6. The Morgan fingerprint density at radius 1 is 0.947 bits per heavy atom. The van der Waals surface area contributed by atoms with Gasteiger partial charge in [0, 0.05) is 22.0 Å². The number of para-hydroxylation sites is 1. The number of halogens is 1. The van der Waals surface area contributed by atoms with E-state index in [2.05, 4.69) is 5.32 Å². The number of thioether (sulfide) groups is 1. The van der Waals surface area contributed by atoms with Gasteiger partial charge in [-0.25, -0.2) is 0 Å². The predicted molar refractivity (Wildman–Crippen MR) is 154 cm³/mol. The van der Waals surface area contributed by atoms with Gasteiger partial charge in [-0.15, -0.1) is 0 Å². The van der Waals surface area contributed by atoms with Crippen LogP contribution >= 0.6 is 23.4 Å². The Kier molecular flexibility index (Phi) is 7.82. The van der Waals surface area contributed by atoms with Gasteiger partial charge in [0.15, 0.2) is 0 Å². The third-order valence-corrected chi connectivity index (χ3v) is 7.46. The lowest BCUT2D eigenvalue weighted by molar-refractivity contribution is -0.114. The summed E-state index contributed by atoms with van der Waals surface area (Å²) in [5, 5.41) is 3.57. The first-order valence-electron chi connectivity index (χ1n) is 12.1. The van der Waals surface area contributed by atoms with Crippen molar-refractivity contribution in [3.63, 3.8) is 0 Å². The van der Waals surface area contributed by atoms with Gasteiger partial charge >= 0.3 is 0 Å². The Morgan fingerprint density at radius 2 is 1.71 bits per heavy atom. The van der Waals surface area contributed by atoms with Crippen molar-refractivity contribution in [3.8, 4) is 5.75 Å². The van der Waals surface area contributed by atoms with E-state index in [1.807, 2.05) is 91.0 Å². The number of anilines is 1. The van der Waals surface area contributed by atoms with Crippen LogP contribution in [0.2, 0.25) is 5.02 Å². The molecule has 7 heteroatoms. The van der Waals surface area contributed by atoms with Gasteiger partial charge in [0.25, 0.3) is 11.8 Å². The number of rotatable bonds is 7. The first kappa shape index (κ1) is 25.6. The fraction of sp³-hybridized carbons (Fsp3) is 0.0968. The number of fused-ring (bicyclic) bond motifs is 1. The molecule has 0 radical (unpaired) electrons. The lowest BCUT2D eigenvalue weighted by Gasteiger charge is -2.30. The van der Waals surface area contributed by atoms with Crippen molar-refractivity contribution in [2.75, 3.05) is 12.0 Å². The van der Waals surface area contributed by atoms with Gasteiger partial charge in [-0.2, -0.15) is 0 Å². The summed E-state index contributed by atoms with van der Waals surface area (Å²) in [6.07, 6.45) is 1.87. The number of methoxy groups -OCH3 is 1. The quantitative estimate of drug-likeness (QED) is 0.257. The Hall–Kier alpha value is -4.00. The average molecular weight is 541 g/mol. The fourth-order valence-corrected chi connectivity index (χ4v) is 5.42. The molecule has 0 aliphatic carbocycles. The molecule has 1 aliphatic rings. The molecule has 0 saturated heterocycles. The monoisotopic (exact) mass is 540 g/mol. The molecule has 0 bridgehead atoms. The van der Waals surface area contributed by atoms with Crippen molar-refractivity contribution in [2.45, 2.75) is 18.0 Å². The number of benzene rings is 4. The molecule has 1 heterocycles. The van der Waals surface area contributed by atoms with Gasteiger partial charge in [0.05, 0.1) is 24.2 Å². The summed E-state index contributed by atoms with van der Waals surface area (Å²) in [5.74, 6) is 0.537. The molecule has 4 aromatic rings. The molecule has 0 fully saturated rings. The van der Waals surface area contributed by atoms with Crippen molar-refractivity contribution in [3.05, 3.63) is 129 Å². The normalized spacial score (nSPS) is 13.8. The van der Waals surface area contributed by atoms with Crippen LogP contribution in [0.3, 0.4) is 0 Å². The Bertz CT molecular complexity index is 1500. The molecular weight excluding hydrogens is 516 g/mol. The zero-order valence-electron chi connectivity index (χ0n) is 20.7. The molecule has 190 valence electrons. The maximum Gasteiger partial charge on any atom is 0.265 e. The highest BCUT2D eigenvalue weighted by molar-refractivity contribution is 8.04. The van der Waals surface area contributed by atoms with Gasteiger partial charge in [-0.3, -0.25) is 9.59 Å². The maximum absolute atomic E-state index is 13.5. The summed E-state index contributed by atoms with van der Waals surface area (Å²) in [4.78, 5) is 29.6. The summed E-state index contributed by atoms with van der Waals surface area (Å²) in [6.45, 7) is 0.837. The number of hydrogen-bond acceptors (Lipinski definition) is 4. The number of carbonyl (C=O) groups is 2. The molecular formula is C31H25ClN2O3S. The number of nitrogens with zero attached hydrogens (tertiary/aromatic N) is 1. The second-order valence-electron chi connectivity index (χ2n) is 8.75. The van der Waals surface area contributed by atoms with Gasteiger partial charge < -0.3 is 15.0 Å². The van der Waals surface area contributed by atoms with E-state index in [4.69, 9.17) is 16.3 Å². The molecule has 4 aromatic carbocycles. The third-order valence-electron chi connectivity index (χ3n) is 6.14. The summed E-state index contributed by atoms with van der Waals surface area (Å²) in [7, 11) is 1.62. The fourth-order valence-electron chi connectivity index (χ4n) is 4.15. The molecule has 5 rings (SSSR count). The first-order chi connectivity index (χ1) is 18.5. The summed E-state index contributed by atoms with van der Waals surface area (Å²) < 4.78 is 5.17. The van der Waals surface area contributed by atoms with Crippen LogP contribution in [0.25, 0.3) is 6.08 Å².